The highest BCUT2D eigenvalue weighted by atomic mass is 19.1. The molecule has 0 aliphatic heterocycles. The van der Waals surface area contributed by atoms with Gasteiger partial charge in [0, 0.05) is 18.0 Å². The van der Waals surface area contributed by atoms with Crippen molar-refractivity contribution in [1.82, 2.24) is 19.9 Å². The highest BCUT2D eigenvalue weighted by Gasteiger charge is 2.08. The molecule has 6 nitrogen and oxygen atoms in total. The molecule has 2 heterocycles. The lowest BCUT2D eigenvalue weighted by Gasteiger charge is -2.03. The fourth-order valence-corrected chi connectivity index (χ4v) is 1.77. The number of benzene rings is 1. The van der Waals surface area contributed by atoms with Crippen LogP contribution < -0.4 is 5.43 Å². The van der Waals surface area contributed by atoms with Crippen molar-refractivity contribution >= 4 is 5.91 Å². The van der Waals surface area contributed by atoms with Gasteiger partial charge < -0.3 is 0 Å². The molecule has 1 N–H and O–H groups in total. The lowest BCUT2D eigenvalue weighted by atomic mass is 10.1. The fourth-order valence-electron chi connectivity index (χ4n) is 1.77. The monoisotopic (exact) mass is 283 g/mol. The molecule has 0 radical (unpaired) electrons. The van der Waals surface area contributed by atoms with Crippen molar-refractivity contribution in [2.75, 3.05) is 5.43 Å². The Balaban J connectivity index is 1.78. The van der Waals surface area contributed by atoms with E-state index < -0.39 is 5.91 Å². The Kier molecular flexibility index (Phi) is 3.38. The lowest BCUT2D eigenvalue weighted by molar-refractivity contribution is 0.100. The number of aromatic nitrogens is 4. The maximum atomic E-state index is 13.2. The third-order valence-electron chi connectivity index (χ3n) is 2.74. The van der Waals surface area contributed by atoms with Gasteiger partial charge in [0.25, 0.3) is 5.91 Å². The van der Waals surface area contributed by atoms with E-state index in [9.17, 15) is 9.18 Å². The zero-order valence-electron chi connectivity index (χ0n) is 10.8. The van der Waals surface area contributed by atoms with Crippen molar-refractivity contribution in [3.05, 3.63) is 66.6 Å². The minimum absolute atomic E-state index is 0.229. The van der Waals surface area contributed by atoms with Crippen LogP contribution in [0.5, 0.6) is 0 Å². The second-order valence-corrected chi connectivity index (χ2v) is 4.19. The van der Waals surface area contributed by atoms with E-state index in [1.54, 1.807) is 24.4 Å². The lowest BCUT2D eigenvalue weighted by Crippen LogP contribution is -2.24. The Bertz CT molecular complexity index is 772. The Labute approximate surface area is 119 Å². The molecule has 0 aliphatic carbocycles. The van der Waals surface area contributed by atoms with Gasteiger partial charge in [0.15, 0.2) is 0 Å². The van der Waals surface area contributed by atoms with Gasteiger partial charge >= 0.3 is 0 Å². The summed E-state index contributed by atoms with van der Waals surface area (Å²) in [4.78, 5) is 20.7. The van der Waals surface area contributed by atoms with E-state index in [4.69, 9.17) is 0 Å². The summed E-state index contributed by atoms with van der Waals surface area (Å²) in [5, 5.41) is 4.16. The van der Waals surface area contributed by atoms with Gasteiger partial charge in [-0.05, 0) is 24.3 Å². The van der Waals surface area contributed by atoms with Crippen molar-refractivity contribution in [1.29, 1.82) is 0 Å². The Morgan fingerprint density at radius 1 is 1.24 bits per heavy atom. The predicted molar refractivity (Wildman–Crippen MR) is 73.3 cm³/mol. The second-order valence-electron chi connectivity index (χ2n) is 4.19. The molecule has 104 valence electrons. The maximum Gasteiger partial charge on any atom is 0.290 e. The van der Waals surface area contributed by atoms with Crippen LogP contribution in [0.2, 0.25) is 0 Å². The molecule has 3 rings (SSSR count). The van der Waals surface area contributed by atoms with Crippen LogP contribution >= 0.6 is 0 Å². The van der Waals surface area contributed by atoms with Crippen LogP contribution in [0.15, 0.2) is 55.1 Å². The highest BCUT2D eigenvalue weighted by Crippen LogP contribution is 2.17. The third kappa shape index (κ3) is 2.92. The molecular weight excluding hydrogens is 273 g/mol. The molecule has 0 aliphatic rings. The van der Waals surface area contributed by atoms with E-state index in [-0.39, 0.29) is 11.5 Å². The van der Waals surface area contributed by atoms with E-state index >= 15 is 0 Å². The van der Waals surface area contributed by atoms with Crippen molar-refractivity contribution < 1.29 is 9.18 Å². The van der Waals surface area contributed by atoms with Crippen LogP contribution in [0, 0.1) is 5.82 Å². The van der Waals surface area contributed by atoms with Crippen molar-refractivity contribution in [2.45, 2.75) is 0 Å². The van der Waals surface area contributed by atoms with Crippen LogP contribution in [0.4, 0.5) is 4.39 Å². The quantitative estimate of drug-likeness (QED) is 0.796. The number of rotatable bonds is 3. The fraction of sp³-hybridized carbons (Fsp3) is 0. The molecular formula is C14H10FN5O. The summed E-state index contributed by atoms with van der Waals surface area (Å²) >= 11 is 0. The molecule has 0 bridgehead atoms. The first-order chi connectivity index (χ1) is 10.2. The van der Waals surface area contributed by atoms with Gasteiger partial charge in [-0.25, -0.2) is 19.8 Å². The Hall–Kier alpha value is -3.09. The van der Waals surface area contributed by atoms with E-state index in [0.29, 0.717) is 11.3 Å². The van der Waals surface area contributed by atoms with Crippen molar-refractivity contribution in [3.8, 4) is 11.3 Å². The van der Waals surface area contributed by atoms with Crippen molar-refractivity contribution in [2.24, 2.45) is 0 Å². The molecule has 21 heavy (non-hydrogen) atoms. The topological polar surface area (TPSA) is 72.7 Å². The molecule has 0 saturated heterocycles. The summed E-state index contributed by atoms with van der Waals surface area (Å²) in [6.07, 6.45) is 4.33. The Morgan fingerprint density at radius 2 is 2.14 bits per heavy atom. The van der Waals surface area contributed by atoms with E-state index in [1.165, 1.54) is 35.5 Å². The first-order valence-electron chi connectivity index (χ1n) is 6.11. The van der Waals surface area contributed by atoms with Gasteiger partial charge in [0.2, 0.25) is 0 Å². The molecule has 1 amide bonds. The van der Waals surface area contributed by atoms with Gasteiger partial charge in [0.05, 0.1) is 5.69 Å². The van der Waals surface area contributed by atoms with Gasteiger partial charge in [-0.2, -0.15) is 9.89 Å². The smallest absolute Gasteiger partial charge is 0.266 e. The molecule has 0 spiro atoms. The average molecular weight is 283 g/mol. The largest absolute Gasteiger partial charge is 0.290 e. The summed E-state index contributed by atoms with van der Waals surface area (Å²) in [6, 6.07) is 9.24. The standard InChI is InChI=1S/C14H10FN5O/c15-11-3-1-2-10(8-11)12-5-7-20(18-12)19-14(21)13-4-6-16-9-17-13/h1-9H,(H,19,21). The molecule has 3 aromatic rings. The molecule has 2 aromatic heterocycles. The summed E-state index contributed by atoms with van der Waals surface area (Å²) in [7, 11) is 0. The van der Waals surface area contributed by atoms with Crippen LogP contribution in [0.3, 0.4) is 0 Å². The van der Waals surface area contributed by atoms with E-state index in [2.05, 4.69) is 20.5 Å². The van der Waals surface area contributed by atoms with Crippen LogP contribution in [0.1, 0.15) is 10.5 Å². The first kappa shape index (κ1) is 12.9. The van der Waals surface area contributed by atoms with Crippen molar-refractivity contribution in [3.63, 3.8) is 0 Å². The first-order valence-corrected chi connectivity index (χ1v) is 6.11. The number of nitrogens with one attached hydrogen (secondary N) is 1. The number of carbonyl (C=O) groups excluding carboxylic acids is 1. The molecule has 0 saturated carbocycles. The number of hydrogen-bond donors (Lipinski definition) is 1. The summed E-state index contributed by atoms with van der Waals surface area (Å²) in [5.74, 6) is -0.752. The predicted octanol–water partition coefficient (Wildman–Crippen LogP) is 1.86. The van der Waals surface area contributed by atoms with E-state index in [1.807, 2.05) is 0 Å². The van der Waals surface area contributed by atoms with Gasteiger partial charge in [-0.1, -0.05) is 12.1 Å². The SMILES string of the molecule is O=C(Nn1ccc(-c2cccc(F)c2)n1)c1ccncn1. The zero-order chi connectivity index (χ0) is 14.7. The van der Waals surface area contributed by atoms with Crippen LogP contribution in [-0.4, -0.2) is 25.8 Å². The normalized spacial score (nSPS) is 10.3. The number of amides is 1. The zero-order valence-corrected chi connectivity index (χ0v) is 10.8. The number of halogens is 1. The Morgan fingerprint density at radius 3 is 2.90 bits per heavy atom. The number of carbonyl (C=O) groups is 1. The van der Waals surface area contributed by atoms with Gasteiger partial charge in [-0.3, -0.25) is 4.79 Å². The average Bonchev–Trinajstić information content (AvgIpc) is 2.97. The summed E-state index contributed by atoms with van der Waals surface area (Å²) < 4.78 is 13.2. The van der Waals surface area contributed by atoms with Gasteiger partial charge in [-0.15, -0.1) is 0 Å². The molecule has 0 atom stereocenters. The van der Waals surface area contributed by atoms with E-state index in [0.717, 1.165) is 0 Å². The second kappa shape index (κ2) is 5.49. The summed E-state index contributed by atoms with van der Waals surface area (Å²) in [6.45, 7) is 0. The number of hydrogen-bond acceptors (Lipinski definition) is 4. The van der Waals surface area contributed by atoms with Gasteiger partial charge in [0.1, 0.15) is 17.8 Å². The molecule has 7 heteroatoms. The molecule has 0 unspecified atom stereocenters. The minimum atomic E-state index is -0.411. The summed E-state index contributed by atoms with van der Waals surface area (Å²) in [5.41, 5.74) is 3.96. The third-order valence-corrected chi connectivity index (χ3v) is 2.74. The highest BCUT2D eigenvalue weighted by molar-refractivity contribution is 5.98. The molecule has 0 fully saturated rings. The number of nitrogens with zero attached hydrogens (tertiary/aromatic N) is 4. The molecule has 1 aromatic carbocycles. The van der Waals surface area contributed by atoms with Crippen LogP contribution in [-0.2, 0) is 0 Å². The minimum Gasteiger partial charge on any atom is -0.266 e. The maximum absolute atomic E-state index is 13.2. The van der Waals surface area contributed by atoms with Crippen LogP contribution in [0.25, 0.3) is 11.3 Å².